The monoisotopic (exact) mass is 263 g/mol. The normalized spacial score (nSPS) is 13.8. The summed E-state index contributed by atoms with van der Waals surface area (Å²) < 4.78 is 5.43. The van der Waals surface area contributed by atoms with Crippen LogP contribution in [0.1, 0.15) is 64.1 Å². The first-order valence-corrected chi connectivity index (χ1v) is 7.24. The van der Waals surface area contributed by atoms with Gasteiger partial charge in [0, 0.05) is 13.2 Å². The third-order valence-corrected chi connectivity index (χ3v) is 3.83. The molecule has 2 heteroatoms. The second-order valence-corrected chi connectivity index (χ2v) is 6.21. The van der Waals surface area contributed by atoms with Crippen molar-refractivity contribution in [2.75, 3.05) is 13.7 Å². The van der Waals surface area contributed by atoms with Crippen LogP contribution in [-0.4, -0.2) is 19.3 Å². The van der Waals surface area contributed by atoms with Crippen LogP contribution in [0.3, 0.4) is 0 Å². The van der Waals surface area contributed by atoms with Gasteiger partial charge >= 0.3 is 0 Å². The molecular weight excluding hydrogens is 234 g/mol. The average molecular weight is 263 g/mol. The minimum Gasteiger partial charge on any atom is -0.379 e. The molecule has 19 heavy (non-hydrogen) atoms. The fourth-order valence-electron chi connectivity index (χ4n) is 1.98. The highest BCUT2D eigenvalue weighted by Crippen LogP contribution is 2.19. The van der Waals surface area contributed by atoms with Crippen molar-refractivity contribution in [1.29, 1.82) is 0 Å². The second kappa shape index (κ2) is 7.06. The zero-order chi connectivity index (χ0) is 14.5. The molecule has 0 radical (unpaired) electrons. The first-order valence-electron chi connectivity index (χ1n) is 7.24. The van der Waals surface area contributed by atoms with Crippen molar-refractivity contribution in [2.45, 2.75) is 58.6 Å². The number of methoxy groups -OCH3 is 1. The van der Waals surface area contributed by atoms with Gasteiger partial charge in [-0.05, 0) is 50.8 Å². The lowest BCUT2D eigenvalue weighted by molar-refractivity contribution is 0.0154. The Morgan fingerprint density at radius 2 is 1.58 bits per heavy atom. The molecule has 0 spiro atoms. The Kier molecular flexibility index (Phi) is 6.02. The van der Waals surface area contributed by atoms with Gasteiger partial charge in [0.15, 0.2) is 0 Å². The van der Waals surface area contributed by atoms with Gasteiger partial charge in [-0.15, -0.1) is 0 Å². The van der Waals surface area contributed by atoms with Gasteiger partial charge < -0.3 is 10.1 Å². The van der Waals surface area contributed by atoms with Crippen LogP contribution in [-0.2, 0) is 4.74 Å². The maximum absolute atomic E-state index is 5.43. The minimum atomic E-state index is -0.0474. The number of hydrogen-bond donors (Lipinski definition) is 1. The molecule has 1 rings (SSSR count). The van der Waals surface area contributed by atoms with Crippen LogP contribution in [0.2, 0.25) is 0 Å². The topological polar surface area (TPSA) is 21.3 Å². The van der Waals surface area contributed by atoms with Crippen molar-refractivity contribution in [3.8, 4) is 0 Å². The Labute approximate surface area is 118 Å². The van der Waals surface area contributed by atoms with Gasteiger partial charge in [0.1, 0.15) is 0 Å². The largest absolute Gasteiger partial charge is 0.379 e. The van der Waals surface area contributed by atoms with E-state index in [1.807, 2.05) is 0 Å². The highest BCUT2D eigenvalue weighted by atomic mass is 16.5. The van der Waals surface area contributed by atoms with Gasteiger partial charge in [-0.3, -0.25) is 0 Å². The molecule has 0 heterocycles. The molecule has 1 N–H and O–H groups in total. The Morgan fingerprint density at radius 1 is 1.05 bits per heavy atom. The molecule has 0 aliphatic heterocycles. The fourth-order valence-corrected chi connectivity index (χ4v) is 1.98. The Balaban J connectivity index is 2.47. The molecule has 108 valence electrons. The van der Waals surface area contributed by atoms with E-state index in [0.29, 0.717) is 12.0 Å². The number of ether oxygens (including phenoxy) is 1. The molecule has 1 unspecified atom stereocenters. The number of benzene rings is 1. The highest BCUT2D eigenvalue weighted by molar-refractivity contribution is 5.26. The van der Waals surface area contributed by atoms with Gasteiger partial charge in [0.25, 0.3) is 0 Å². The summed E-state index contributed by atoms with van der Waals surface area (Å²) in [7, 11) is 1.77. The van der Waals surface area contributed by atoms with E-state index in [0.717, 1.165) is 13.0 Å². The van der Waals surface area contributed by atoms with E-state index in [1.165, 1.54) is 11.1 Å². The van der Waals surface area contributed by atoms with Crippen LogP contribution < -0.4 is 5.32 Å². The third kappa shape index (κ3) is 5.33. The van der Waals surface area contributed by atoms with Gasteiger partial charge in [-0.25, -0.2) is 0 Å². The highest BCUT2D eigenvalue weighted by Gasteiger charge is 2.16. The molecule has 0 aromatic heterocycles. The van der Waals surface area contributed by atoms with Gasteiger partial charge in [0.05, 0.1) is 5.60 Å². The first-order chi connectivity index (χ1) is 8.85. The van der Waals surface area contributed by atoms with E-state index in [2.05, 4.69) is 64.2 Å². The van der Waals surface area contributed by atoms with Crippen LogP contribution >= 0.6 is 0 Å². The molecule has 0 aliphatic rings. The lowest BCUT2D eigenvalue weighted by Crippen LogP contribution is -2.30. The van der Waals surface area contributed by atoms with Crippen LogP contribution in [0, 0.1) is 0 Å². The van der Waals surface area contributed by atoms with Crippen molar-refractivity contribution in [1.82, 2.24) is 5.32 Å². The maximum Gasteiger partial charge on any atom is 0.0634 e. The quantitative estimate of drug-likeness (QED) is 0.793. The molecule has 1 aromatic rings. The molecule has 0 fully saturated rings. The standard InChI is InChI=1S/C17H29NO/c1-13(2)15-7-9-16(10-8-15)14(3)18-12-11-17(4,5)19-6/h7-10,13-14,18H,11-12H2,1-6H3. The summed E-state index contributed by atoms with van der Waals surface area (Å²) in [5.74, 6) is 0.597. The van der Waals surface area contributed by atoms with Gasteiger partial charge in [-0.1, -0.05) is 38.1 Å². The number of nitrogens with one attached hydrogen (secondary N) is 1. The molecule has 0 saturated heterocycles. The molecular formula is C17H29NO. The van der Waals surface area contributed by atoms with Crippen molar-refractivity contribution < 1.29 is 4.74 Å². The summed E-state index contributed by atoms with van der Waals surface area (Å²) >= 11 is 0. The maximum atomic E-state index is 5.43. The molecule has 0 aliphatic carbocycles. The predicted octanol–water partition coefficient (Wildman–Crippen LogP) is 4.28. The summed E-state index contributed by atoms with van der Waals surface area (Å²) in [6.07, 6.45) is 1.01. The van der Waals surface area contributed by atoms with Crippen LogP contribution in [0.4, 0.5) is 0 Å². The SMILES string of the molecule is COC(C)(C)CCNC(C)c1ccc(C(C)C)cc1. The van der Waals surface area contributed by atoms with E-state index in [4.69, 9.17) is 4.74 Å². The lowest BCUT2D eigenvalue weighted by atomic mass is 9.99. The van der Waals surface area contributed by atoms with Crippen molar-refractivity contribution in [2.24, 2.45) is 0 Å². The van der Waals surface area contributed by atoms with Crippen LogP contribution in [0.15, 0.2) is 24.3 Å². The van der Waals surface area contributed by atoms with E-state index in [9.17, 15) is 0 Å². The van der Waals surface area contributed by atoms with Gasteiger partial charge in [0.2, 0.25) is 0 Å². The minimum absolute atomic E-state index is 0.0474. The summed E-state index contributed by atoms with van der Waals surface area (Å²) in [5, 5.41) is 3.56. The zero-order valence-corrected chi connectivity index (χ0v) is 13.3. The van der Waals surface area contributed by atoms with E-state index < -0.39 is 0 Å². The number of rotatable bonds is 7. The third-order valence-electron chi connectivity index (χ3n) is 3.83. The summed E-state index contributed by atoms with van der Waals surface area (Å²) in [4.78, 5) is 0. The Bertz CT molecular complexity index is 367. The van der Waals surface area contributed by atoms with Crippen molar-refractivity contribution in [3.63, 3.8) is 0 Å². The van der Waals surface area contributed by atoms with E-state index in [-0.39, 0.29) is 5.60 Å². The van der Waals surface area contributed by atoms with E-state index in [1.54, 1.807) is 7.11 Å². The van der Waals surface area contributed by atoms with Crippen molar-refractivity contribution in [3.05, 3.63) is 35.4 Å². The Hall–Kier alpha value is -0.860. The fraction of sp³-hybridized carbons (Fsp3) is 0.647. The number of hydrogen-bond acceptors (Lipinski definition) is 2. The summed E-state index contributed by atoms with van der Waals surface area (Å²) in [5.41, 5.74) is 2.70. The Morgan fingerprint density at radius 3 is 2.05 bits per heavy atom. The van der Waals surface area contributed by atoms with E-state index >= 15 is 0 Å². The smallest absolute Gasteiger partial charge is 0.0634 e. The van der Waals surface area contributed by atoms with Crippen LogP contribution in [0.25, 0.3) is 0 Å². The summed E-state index contributed by atoms with van der Waals surface area (Å²) in [6.45, 7) is 11.9. The molecule has 1 atom stereocenters. The van der Waals surface area contributed by atoms with Crippen LogP contribution in [0.5, 0.6) is 0 Å². The zero-order valence-electron chi connectivity index (χ0n) is 13.3. The molecule has 0 amide bonds. The lowest BCUT2D eigenvalue weighted by Gasteiger charge is -2.24. The van der Waals surface area contributed by atoms with Crippen molar-refractivity contribution >= 4 is 0 Å². The molecule has 1 aromatic carbocycles. The molecule has 2 nitrogen and oxygen atoms in total. The molecule has 0 saturated carbocycles. The second-order valence-electron chi connectivity index (χ2n) is 6.21. The predicted molar refractivity (Wildman–Crippen MR) is 82.7 cm³/mol. The first kappa shape index (κ1) is 16.2. The van der Waals surface area contributed by atoms with Gasteiger partial charge in [-0.2, -0.15) is 0 Å². The summed E-state index contributed by atoms with van der Waals surface area (Å²) in [6, 6.07) is 9.31. The molecule has 0 bridgehead atoms. The average Bonchev–Trinajstić information content (AvgIpc) is 2.38.